The molecule has 0 aliphatic rings. The van der Waals surface area contributed by atoms with Crippen LogP contribution in [-0.2, 0) is 9.63 Å². The summed E-state index contributed by atoms with van der Waals surface area (Å²) < 4.78 is 0. The molecule has 4 heteroatoms. The van der Waals surface area contributed by atoms with Gasteiger partial charge < -0.3 is 0 Å². The van der Waals surface area contributed by atoms with Gasteiger partial charge in [0.05, 0.1) is 6.61 Å². The molecule has 0 N–H and O–H groups in total. The summed E-state index contributed by atoms with van der Waals surface area (Å²) in [6.45, 7) is 4.55. The molecule has 0 spiro atoms. The zero-order valence-electron chi connectivity index (χ0n) is 10.6. The van der Waals surface area contributed by atoms with E-state index in [1.54, 1.807) is 36.6 Å². The molecule has 0 saturated heterocycles. The predicted molar refractivity (Wildman–Crippen MR) is 69.5 cm³/mol. The lowest BCUT2D eigenvalue weighted by Crippen LogP contribution is -2.31. The lowest BCUT2D eigenvalue weighted by molar-refractivity contribution is -0.115. The standard InChI is InChI=1S/C14H16NO3/c1-3-15(18-4-2)14(17)13-10-6-5-8-12(13)9-7-11-16/h5-10H,3-4H2,1-2H3/b9-7+. The van der Waals surface area contributed by atoms with Crippen molar-refractivity contribution in [2.24, 2.45) is 0 Å². The van der Waals surface area contributed by atoms with E-state index in [1.807, 2.05) is 13.8 Å². The van der Waals surface area contributed by atoms with E-state index in [-0.39, 0.29) is 5.91 Å². The summed E-state index contributed by atoms with van der Waals surface area (Å²) in [5.74, 6) is -0.217. The van der Waals surface area contributed by atoms with Crippen LogP contribution in [0.2, 0.25) is 0 Å². The minimum absolute atomic E-state index is 0.217. The Morgan fingerprint density at radius 2 is 2.11 bits per heavy atom. The number of benzene rings is 1. The van der Waals surface area contributed by atoms with Crippen LogP contribution in [0.1, 0.15) is 29.8 Å². The quantitative estimate of drug-likeness (QED) is 0.571. The molecule has 1 rings (SSSR count). The number of carbonyl (C=O) groups excluding carboxylic acids is 2. The van der Waals surface area contributed by atoms with Gasteiger partial charge in [-0.1, -0.05) is 24.3 Å². The van der Waals surface area contributed by atoms with Gasteiger partial charge in [0, 0.05) is 12.1 Å². The summed E-state index contributed by atoms with van der Waals surface area (Å²) in [6.07, 6.45) is 4.46. The molecule has 0 aliphatic heterocycles. The minimum Gasteiger partial charge on any atom is -0.286 e. The van der Waals surface area contributed by atoms with Crippen LogP contribution in [-0.4, -0.2) is 30.4 Å². The van der Waals surface area contributed by atoms with E-state index in [0.717, 1.165) is 0 Å². The van der Waals surface area contributed by atoms with Crippen LogP contribution in [0.5, 0.6) is 0 Å². The Morgan fingerprint density at radius 1 is 1.39 bits per heavy atom. The van der Waals surface area contributed by atoms with Crippen LogP contribution in [0.15, 0.2) is 30.3 Å². The molecular formula is C14H16NO3. The molecule has 0 bridgehead atoms. The average Bonchev–Trinajstić information content (AvgIpc) is 2.42. The molecule has 0 atom stereocenters. The third kappa shape index (κ3) is 3.53. The number of amides is 1. The Bertz CT molecular complexity index is 440. The first-order valence-corrected chi connectivity index (χ1v) is 5.82. The SMILES string of the molecule is CCON(CC)C(=O)c1ccccc1/C=C/[C]=O. The van der Waals surface area contributed by atoms with Gasteiger partial charge in [0.1, 0.15) is 0 Å². The number of carbonyl (C=O) groups is 1. The molecule has 1 aromatic carbocycles. The van der Waals surface area contributed by atoms with Gasteiger partial charge in [0.25, 0.3) is 5.91 Å². The number of hydrogen-bond donors (Lipinski definition) is 0. The second-order valence-electron chi connectivity index (χ2n) is 3.46. The number of rotatable bonds is 6. The maximum atomic E-state index is 12.2. The van der Waals surface area contributed by atoms with Crippen molar-refractivity contribution in [2.75, 3.05) is 13.2 Å². The molecule has 0 unspecified atom stereocenters. The minimum atomic E-state index is -0.217. The monoisotopic (exact) mass is 246 g/mol. The topological polar surface area (TPSA) is 46.6 Å². The van der Waals surface area contributed by atoms with Crippen LogP contribution < -0.4 is 0 Å². The number of allylic oxidation sites excluding steroid dienone is 1. The predicted octanol–water partition coefficient (Wildman–Crippen LogP) is 2.22. The van der Waals surface area contributed by atoms with Crippen LogP contribution in [0, 0.1) is 0 Å². The average molecular weight is 246 g/mol. The number of hydrogen-bond acceptors (Lipinski definition) is 3. The summed E-state index contributed by atoms with van der Waals surface area (Å²) in [4.78, 5) is 27.7. The Balaban J connectivity index is 3.03. The van der Waals surface area contributed by atoms with E-state index in [1.165, 1.54) is 11.1 Å². The van der Waals surface area contributed by atoms with Crippen LogP contribution in [0.4, 0.5) is 0 Å². The molecule has 1 radical (unpaired) electrons. The first-order valence-electron chi connectivity index (χ1n) is 5.82. The van der Waals surface area contributed by atoms with Gasteiger partial charge in [-0.3, -0.25) is 14.4 Å². The third-order valence-corrected chi connectivity index (χ3v) is 2.32. The van der Waals surface area contributed by atoms with E-state index >= 15 is 0 Å². The number of nitrogens with zero attached hydrogens (tertiary/aromatic N) is 1. The molecule has 95 valence electrons. The zero-order chi connectivity index (χ0) is 13.4. The maximum absolute atomic E-state index is 12.2. The largest absolute Gasteiger partial charge is 0.286 e. The highest BCUT2D eigenvalue weighted by atomic mass is 16.7. The summed E-state index contributed by atoms with van der Waals surface area (Å²) in [6, 6.07) is 7.04. The Hall–Kier alpha value is -1.94. The summed E-state index contributed by atoms with van der Waals surface area (Å²) in [5, 5.41) is 1.30. The molecule has 4 nitrogen and oxygen atoms in total. The van der Waals surface area contributed by atoms with Crippen molar-refractivity contribution in [1.29, 1.82) is 0 Å². The molecule has 1 amide bonds. The Morgan fingerprint density at radius 3 is 2.72 bits per heavy atom. The second-order valence-corrected chi connectivity index (χ2v) is 3.46. The van der Waals surface area contributed by atoms with Crippen molar-refractivity contribution < 1.29 is 14.4 Å². The Labute approximate surface area is 107 Å². The van der Waals surface area contributed by atoms with Gasteiger partial charge in [0.2, 0.25) is 6.29 Å². The highest BCUT2D eigenvalue weighted by molar-refractivity contribution is 5.97. The summed E-state index contributed by atoms with van der Waals surface area (Å²) >= 11 is 0. The van der Waals surface area contributed by atoms with Gasteiger partial charge in [-0.25, -0.2) is 5.06 Å². The van der Waals surface area contributed by atoms with E-state index in [0.29, 0.717) is 24.3 Å². The van der Waals surface area contributed by atoms with Crippen molar-refractivity contribution in [1.82, 2.24) is 5.06 Å². The van der Waals surface area contributed by atoms with Gasteiger partial charge in [-0.15, -0.1) is 0 Å². The second kappa shape index (κ2) is 7.40. The van der Waals surface area contributed by atoms with Crippen LogP contribution in [0.3, 0.4) is 0 Å². The van der Waals surface area contributed by atoms with Gasteiger partial charge >= 0.3 is 0 Å². The summed E-state index contributed by atoms with van der Waals surface area (Å²) in [5.41, 5.74) is 1.17. The highest BCUT2D eigenvalue weighted by Gasteiger charge is 2.16. The van der Waals surface area contributed by atoms with E-state index in [9.17, 15) is 9.59 Å². The molecule has 0 aromatic heterocycles. The van der Waals surface area contributed by atoms with Crippen molar-refractivity contribution >= 4 is 18.3 Å². The van der Waals surface area contributed by atoms with Crippen molar-refractivity contribution in [2.45, 2.75) is 13.8 Å². The fourth-order valence-electron chi connectivity index (χ4n) is 1.54. The molecular weight excluding hydrogens is 230 g/mol. The third-order valence-electron chi connectivity index (χ3n) is 2.32. The molecule has 18 heavy (non-hydrogen) atoms. The fourth-order valence-corrected chi connectivity index (χ4v) is 1.54. The van der Waals surface area contributed by atoms with Crippen molar-refractivity contribution in [3.63, 3.8) is 0 Å². The lowest BCUT2D eigenvalue weighted by Gasteiger charge is -2.20. The van der Waals surface area contributed by atoms with Crippen LogP contribution in [0.25, 0.3) is 6.08 Å². The highest BCUT2D eigenvalue weighted by Crippen LogP contribution is 2.13. The van der Waals surface area contributed by atoms with E-state index in [2.05, 4.69) is 0 Å². The van der Waals surface area contributed by atoms with Crippen molar-refractivity contribution in [3.05, 3.63) is 41.5 Å². The van der Waals surface area contributed by atoms with E-state index < -0.39 is 0 Å². The van der Waals surface area contributed by atoms with Gasteiger partial charge in [-0.2, -0.15) is 0 Å². The molecule has 0 heterocycles. The normalized spacial score (nSPS) is 10.6. The summed E-state index contributed by atoms with van der Waals surface area (Å²) in [7, 11) is 0. The fraction of sp³-hybridized carbons (Fsp3) is 0.286. The molecule has 0 fully saturated rings. The first-order chi connectivity index (χ1) is 8.74. The van der Waals surface area contributed by atoms with Crippen LogP contribution >= 0.6 is 0 Å². The van der Waals surface area contributed by atoms with Crippen molar-refractivity contribution in [3.8, 4) is 0 Å². The molecule has 0 aliphatic carbocycles. The van der Waals surface area contributed by atoms with E-state index in [4.69, 9.17) is 4.84 Å². The van der Waals surface area contributed by atoms with Gasteiger partial charge in [0.15, 0.2) is 0 Å². The zero-order valence-corrected chi connectivity index (χ0v) is 10.6. The maximum Gasteiger partial charge on any atom is 0.278 e. The Kier molecular flexibility index (Phi) is 5.80. The smallest absolute Gasteiger partial charge is 0.278 e. The van der Waals surface area contributed by atoms with Gasteiger partial charge in [-0.05, 0) is 31.6 Å². The number of hydroxylamine groups is 2. The molecule has 1 aromatic rings. The first kappa shape index (κ1) is 14.1. The lowest BCUT2D eigenvalue weighted by atomic mass is 10.1. The molecule has 0 saturated carbocycles.